The zero-order valence-corrected chi connectivity index (χ0v) is 43.2. The van der Waals surface area contributed by atoms with Gasteiger partial charge in [-0.25, -0.2) is 21.3 Å². The Balaban J connectivity index is 4.99. The van der Waals surface area contributed by atoms with Crippen molar-refractivity contribution in [3.05, 3.63) is 0 Å². The van der Waals surface area contributed by atoms with Gasteiger partial charge in [-0.2, -0.15) is 15.3 Å². The number of hydrogen-bond donors (Lipinski definition) is 6. The molecule has 0 aliphatic rings. The van der Waals surface area contributed by atoms with Crippen LogP contribution in [0, 0.1) is 0 Å². The first kappa shape index (κ1) is 63.2. The number of hydrogen-bond acceptors (Lipinski definition) is 8. The van der Waals surface area contributed by atoms with E-state index in [0.29, 0.717) is 6.42 Å². The van der Waals surface area contributed by atoms with Gasteiger partial charge in [0.2, 0.25) is 17.7 Å². The molecule has 67 heavy (non-hydrogen) atoms. The second-order valence-corrected chi connectivity index (χ2v) is 18.7. The van der Waals surface area contributed by atoms with Gasteiger partial charge < -0.3 is 16.8 Å². The summed E-state index contributed by atoms with van der Waals surface area (Å²) >= 11 is 0. The number of rotatable bonds is 49. The maximum absolute atomic E-state index is 13.5. The Kier molecular flexibility index (Phi) is 47.2. The van der Waals surface area contributed by atoms with E-state index in [1.165, 1.54) is 173 Å². The van der Waals surface area contributed by atoms with Crippen molar-refractivity contribution in [1.82, 2.24) is 21.6 Å². The monoisotopic (exact) mass is 943 g/mol. The van der Waals surface area contributed by atoms with Crippen molar-refractivity contribution in [3.8, 4) is 0 Å². The van der Waals surface area contributed by atoms with Crippen LogP contribution in [0.5, 0.6) is 0 Å². The SMILES string of the molecule is CCCCCCCCCCCCC/C=N/NC(=O)CC[C@H](N=C(N)N)C(=O)N[C@@H](CCC(=O)N/N=C/CCCCCCCCCCCCC)C(=O)N/N=C/CCCCCCCCCCCCC. The Hall–Kier alpha value is -3.84. The number of carbonyl (C=O) groups excluding carboxylic acids is 4. The highest BCUT2D eigenvalue weighted by molar-refractivity contribution is 5.92. The van der Waals surface area contributed by atoms with Crippen LogP contribution in [0.2, 0.25) is 0 Å². The predicted molar refractivity (Wildman–Crippen MR) is 283 cm³/mol. The van der Waals surface area contributed by atoms with Crippen molar-refractivity contribution in [1.29, 1.82) is 0 Å². The second-order valence-electron chi connectivity index (χ2n) is 18.7. The lowest BCUT2D eigenvalue weighted by Gasteiger charge is -2.19. The van der Waals surface area contributed by atoms with Gasteiger partial charge in [0.25, 0.3) is 5.91 Å². The highest BCUT2D eigenvalue weighted by Crippen LogP contribution is 2.14. The first-order valence-electron chi connectivity index (χ1n) is 27.6. The van der Waals surface area contributed by atoms with Crippen LogP contribution in [0.25, 0.3) is 0 Å². The van der Waals surface area contributed by atoms with Crippen LogP contribution in [-0.2, 0) is 19.2 Å². The van der Waals surface area contributed by atoms with Crippen molar-refractivity contribution < 1.29 is 19.2 Å². The molecule has 0 aliphatic heterocycles. The Labute approximate surface area is 409 Å². The fourth-order valence-electron chi connectivity index (χ4n) is 7.94. The molecule has 0 spiro atoms. The van der Waals surface area contributed by atoms with Gasteiger partial charge >= 0.3 is 0 Å². The Morgan fingerprint density at radius 3 is 1.03 bits per heavy atom. The van der Waals surface area contributed by atoms with Crippen molar-refractivity contribution in [3.63, 3.8) is 0 Å². The minimum atomic E-state index is -1.15. The Bertz CT molecular complexity index is 1300. The summed E-state index contributed by atoms with van der Waals surface area (Å²) in [6, 6.07) is -2.27. The summed E-state index contributed by atoms with van der Waals surface area (Å²) in [4.78, 5) is 56.3. The molecule has 0 rings (SSSR count). The van der Waals surface area contributed by atoms with E-state index in [9.17, 15) is 19.2 Å². The third kappa shape index (κ3) is 45.7. The zero-order chi connectivity index (χ0) is 49.1. The fraction of sp³-hybridized carbons (Fsp3) is 0.849. The average Bonchev–Trinajstić information content (AvgIpc) is 3.31. The van der Waals surface area contributed by atoms with Crippen LogP contribution < -0.4 is 33.1 Å². The number of guanidine groups is 1. The Morgan fingerprint density at radius 1 is 0.403 bits per heavy atom. The Morgan fingerprint density at radius 2 is 0.701 bits per heavy atom. The molecule has 8 N–H and O–H groups in total. The lowest BCUT2D eigenvalue weighted by molar-refractivity contribution is -0.130. The molecule has 0 aliphatic carbocycles. The molecule has 0 saturated carbocycles. The fourth-order valence-corrected chi connectivity index (χ4v) is 7.94. The molecule has 0 aromatic heterocycles. The first-order chi connectivity index (χ1) is 32.7. The summed E-state index contributed by atoms with van der Waals surface area (Å²) < 4.78 is 0. The minimum absolute atomic E-state index is 0.0193. The summed E-state index contributed by atoms with van der Waals surface area (Å²) in [5.74, 6) is -2.34. The van der Waals surface area contributed by atoms with Gasteiger partial charge in [-0.05, 0) is 51.4 Å². The van der Waals surface area contributed by atoms with Crippen molar-refractivity contribution in [2.45, 2.75) is 290 Å². The van der Waals surface area contributed by atoms with Gasteiger partial charge in [0.05, 0.1) is 0 Å². The molecule has 0 aromatic carbocycles. The van der Waals surface area contributed by atoms with E-state index in [2.05, 4.69) is 62.7 Å². The van der Waals surface area contributed by atoms with Crippen LogP contribution in [0.15, 0.2) is 20.3 Å². The largest absolute Gasteiger partial charge is 0.370 e. The summed E-state index contributed by atoms with van der Waals surface area (Å²) in [5.41, 5.74) is 18.9. The molecule has 0 aromatic rings. The molecule has 0 unspecified atom stereocenters. The molecule has 4 amide bonds. The maximum atomic E-state index is 13.5. The van der Waals surface area contributed by atoms with Crippen LogP contribution in [0.3, 0.4) is 0 Å². The van der Waals surface area contributed by atoms with E-state index >= 15 is 0 Å². The summed E-state index contributed by atoms with van der Waals surface area (Å²) in [6.07, 6.45) is 48.6. The topological polar surface area (TPSA) is 218 Å². The van der Waals surface area contributed by atoms with E-state index in [-0.39, 0.29) is 43.5 Å². The van der Waals surface area contributed by atoms with E-state index < -0.39 is 23.9 Å². The minimum Gasteiger partial charge on any atom is -0.370 e. The highest BCUT2D eigenvalue weighted by atomic mass is 16.2. The molecule has 2 atom stereocenters. The van der Waals surface area contributed by atoms with Crippen molar-refractivity contribution in [2.24, 2.45) is 31.8 Å². The lowest BCUT2D eigenvalue weighted by atomic mass is 10.1. The third-order valence-corrected chi connectivity index (χ3v) is 12.2. The van der Waals surface area contributed by atoms with Gasteiger partial charge in [-0.15, -0.1) is 0 Å². The van der Waals surface area contributed by atoms with Crippen LogP contribution in [0.4, 0.5) is 0 Å². The van der Waals surface area contributed by atoms with Crippen LogP contribution in [0.1, 0.15) is 278 Å². The number of amides is 4. The number of nitrogens with two attached hydrogens (primary N) is 2. The third-order valence-electron chi connectivity index (χ3n) is 12.2. The highest BCUT2D eigenvalue weighted by Gasteiger charge is 2.27. The smallest absolute Gasteiger partial charge is 0.262 e. The second kappa shape index (κ2) is 50.0. The maximum Gasteiger partial charge on any atom is 0.262 e. The van der Waals surface area contributed by atoms with E-state index in [0.717, 1.165) is 51.4 Å². The van der Waals surface area contributed by atoms with Gasteiger partial charge in [-0.3, -0.25) is 19.2 Å². The van der Waals surface area contributed by atoms with Gasteiger partial charge in [-0.1, -0.05) is 213 Å². The van der Waals surface area contributed by atoms with Crippen molar-refractivity contribution >= 4 is 48.2 Å². The summed E-state index contributed by atoms with van der Waals surface area (Å²) in [5, 5.41) is 15.0. The van der Waals surface area contributed by atoms with Gasteiger partial charge in [0.1, 0.15) is 12.1 Å². The molecular formula is C53H102N10O4. The average molecular weight is 943 g/mol. The number of aliphatic imine (C=N–C) groups is 1. The lowest BCUT2D eigenvalue weighted by Crippen LogP contribution is -2.49. The molecular weight excluding hydrogens is 841 g/mol. The predicted octanol–water partition coefficient (Wildman–Crippen LogP) is 12.1. The van der Waals surface area contributed by atoms with E-state index in [1.54, 1.807) is 18.6 Å². The quantitative estimate of drug-likeness (QED) is 0.0151. The van der Waals surface area contributed by atoms with Gasteiger partial charge in [0.15, 0.2) is 5.96 Å². The molecule has 0 radical (unpaired) electrons. The first-order valence-corrected chi connectivity index (χ1v) is 27.6. The molecule has 14 heteroatoms. The van der Waals surface area contributed by atoms with E-state index in [4.69, 9.17) is 11.5 Å². The normalized spacial score (nSPS) is 12.5. The molecule has 14 nitrogen and oxygen atoms in total. The molecule has 0 bridgehead atoms. The van der Waals surface area contributed by atoms with Crippen LogP contribution >= 0.6 is 0 Å². The molecule has 0 heterocycles. The zero-order valence-electron chi connectivity index (χ0n) is 43.2. The number of unbranched alkanes of at least 4 members (excludes halogenated alkanes) is 33. The number of nitrogens with one attached hydrogen (secondary N) is 4. The van der Waals surface area contributed by atoms with Crippen molar-refractivity contribution in [2.75, 3.05) is 0 Å². The number of hydrazone groups is 3. The van der Waals surface area contributed by atoms with Gasteiger partial charge in [0, 0.05) is 31.5 Å². The number of carbonyl (C=O) groups is 4. The standard InChI is InChI=1S/C53H102N10O4/c1-4-7-10-13-16-19-22-25-28-31-34-37-44-56-61-49(64)42-40-47(60-53(54)55)51(66)59-48(52(67)63-58-46-39-36-33-30-27-24-21-18-15-12-9-6-3)41-43-50(65)62-57-45-38-35-32-29-26-23-20-17-14-11-8-5-2/h44-48H,4-43H2,1-3H3,(H,59,66)(H,61,64)(H,62,65)(H,63,67)(H4,54,55,60)/b56-44+,57-45+,58-46+/t47-,48-/m0/s1. The molecule has 0 saturated heterocycles. The van der Waals surface area contributed by atoms with Crippen LogP contribution in [-0.4, -0.2) is 60.3 Å². The number of nitrogens with zero attached hydrogens (tertiary/aromatic N) is 4. The summed E-state index contributed by atoms with van der Waals surface area (Å²) in [7, 11) is 0. The van der Waals surface area contributed by atoms with E-state index in [1.807, 2.05) is 0 Å². The molecule has 388 valence electrons. The summed E-state index contributed by atoms with van der Waals surface area (Å²) in [6.45, 7) is 6.73. The molecule has 0 fully saturated rings.